The second kappa shape index (κ2) is 9.59. The molecule has 2 aromatic carbocycles. The van der Waals surface area contributed by atoms with Gasteiger partial charge in [-0.2, -0.15) is 4.31 Å². The molecule has 0 saturated heterocycles. The van der Waals surface area contributed by atoms with Gasteiger partial charge in [0.15, 0.2) is 5.78 Å². The number of hydrogen-bond acceptors (Lipinski definition) is 6. The number of Topliss-reactive ketones (excluding diaryl/α,β-unsaturated/α-hetero) is 1. The molecule has 0 amide bonds. The molecule has 0 aliphatic rings. The summed E-state index contributed by atoms with van der Waals surface area (Å²) in [6, 6.07) is 10.6. The number of nitro groups is 1. The maximum atomic E-state index is 13.2. The van der Waals surface area contributed by atoms with E-state index in [9.17, 15) is 33.2 Å². The lowest BCUT2D eigenvalue weighted by Gasteiger charge is -2.28. The maximum absolute atomic E-state index is 13.2. The molecule has 2 aromatic rings. The first-order valence-corrected chi connectivity index (χ1v) is 10.6. The third kappa shape index (κ3) is 5.49. The average Bonchev–Trinajstić information content (AvgIpc) is 2.70. The largest absolute Gasteiger partial charge is 0.480 e. The lowest BCUT2D eigenvalue weighted by molar-refractivity contribution is -0.384. The predicted octanol–water partition coefficient (Wildman–Crippen LogP) is 2.97. The summed E-state index contributed by atoms with van der Waals surface area (Å²) in [7, 11) is -4.43. The Labute approximate surface area is 174 Å². The summed E-state index contributed by atoms with van der Waals surface area (Å²) in [6.07, 6.45) is -0.0103. The van der Waals surface area contributed by atoms with Gasteiger partial charge in [-0.05, 0) is 24.5 Å². The summed E-state index contributed by atoms with van der Waals surface area (Å²) < 4.78 is 27.2. The Morgan fingerprint density at radius 3 is 2.10 bits per heavy atom. The lowest BCUT2D eigenvalue weighted by atomic mass is 10.0. The van der Waals surface area contributed by atoms with E-state index < -0.39 is 39.3 Å². The topological polar surface area (TPSA) is 135 Å². The van der Waals surface area contributed by atoms with Gasteiger partial charge in [0.25, 0.3) is 5.69 Å². The number of sulfonamides is 1. The smallest absolute Gasteiger partial charge is 0.322 e. The Kier molecular flexibility index (Phi) is 7.41. The van der Waals surface area contributed by atoms with Crippen molar-refractivity contribution in [1.82, 2.24) is 4.31 Å². The Balaban J connectivity index is 2.51. The second-order valence-electron chi connectivity index (χ2n) is 7.07. The van der Waals surface area contributed by atoms with Gasteiger partial charge in [0.05, 0.1) is 16.4 Å². The van der Waals surface area contributed by atoms with Gasteiger partial charge in [-0.25, -0.2) is 8.42 Å². The number of carboxylic acid groups (broad SMARTS) is 1. The normalized spacial score (nSPS) is 12.7. The standard InChI is InChI=1S/C20H22N2O7S/c1-14(2)12-18(20(24)25)21(13-19(23)15-6-4-3-5-7-15)30(28,29)17-10-8-16(9-11-17)22(26)27/h3-11,14,18H,12-13H2,1-2H3,(H,24,25)/t18-/m0/s1. The van der Waals surface area contributed by atoms with Gasteiger partial charge in [0.1, 0.15) is 6.04 Å². The van der Waals surface area contributed by atoms with Crippen LogP contribution < -0.4 is 0 Å². The van der Waals surface area contributed by atoms with Crippen LogP contribution in [0.3, 0.4) is 0 Å². The molecule has 10 heteroatoms. The summed E-state index contributed by atoms with van der Waals surface area (Å²) in [5.74, 6) is -2.10. The van der Waals surface area contributed by atoms with Crippen molar-refractivity contribution in [2.45, 2.75) is 31.2 Å². The van der Waals surface area contributed by atoms with Crippen molar-refractivity contribution in [3.05, 3.63) is 70.3 Å². The number of rotatable bonds is 10. The molecule has 0 radical (unpaired) electrons. The molecule has 9 nitrogen and oxygen atoms in total. The van der Waals surface area contributed by atoms with Crippen LogP contribution in [0.25, 0.3) is 0 Å². The van der Waals surface area contributed by atoms with Crippen LogP contribution in [0.15, 0.2) is 59.5 Å². The first-order valence-electron chi connectivity index (χ1n) is 9.11. The quantitative estimate of drug-likeness (QED) is 0.345. The zero-order valence-corrected chi connectivity index (χ0v) is 17.3. The first-order chi connectivity index (χ1) is 14.0. The van der Waals surface area contributed by atoms with Gasteiger partial charge < -0.3 is 5.11 Å². The minimum Gasteiger partial charge on any atom is -0.480 e. The summed E-state index contributed by atoms with van der Waals surface area (Å²) in [5, 5.41) is 20.5. The first kappa shape index (κ1) is 23.2. The fourth-order valence-corrected chi connectivity index (χ4v) is 4.43. The van der Waals surface area contributed by atoms with Crippen LogP contribution in [0.1, 0.15) is 30.6 Å². The predicted molar refractivity (Wildman–Crippen MR) is 109 cm³/mol. The van der Waals surface area contributed by atoms with Crippen LogP contribution >= 0.6 is 0 Å². The summed E-state index contributed by atoms with van der Waals surface area (Å²) >= 11 is 0. The summed E-state index contributed by atoms with van der Waals surface area (Å²) in [5.41, 5.74) is -0.0621. The molecule has 30 heavy (non-hydrogen) atoms. The van der Waals surface area contributed by atoms with E-state index in [1.165, 1.54) is 12.1 Å². The number of carboxylic acids is 1. The van der Waals surface area contributed by atoms with Crippen molar-refractivity contribution >= 4 is 27.5 Å². The maximum Gasteiger partial charge on any atom is 0.322 e. The molecule has 0 aromatic heterocycles. The minimum atomic E-state index is -4.43. The van der Waals surface area contributed by atoms with Gasteiger partial charge in [0, 0.05) is 17.7 Å². The molecule has 0 unspecified atom stereocenters. The Hall–Kier alpha value is -3.11. The van der Waals surface area contributed by atoms with Crippen molar-refractivity contribution in [1.29, 1.82) is 0 Å². The molecule has 0 aliphatic heterocycles. The highest BCUT2D eigenvalue weighted by Gasteiger charge is 2.38. The van der Waals surface area contributed by atoms with Crippen LogP contribution in [0, 0.1) is 16.0 Å². The van der Waals surface area contributed by atoms with E-state index in [0.29, 0.717) is 4.31 Å². The number of carbonyl (C=O) groups is 2. The molecule has 0 saturated carbocycles. The molecule has 1 N–H and O–H groups in total. The second-order valence-corrected chi connectivity index (χ2v) is 8.96. The number of nitro benzene ring substituents is 1. The van der Waals surface area contributed by atoms with Crippen molar-refractivity contribution in [3.8, 4) is 0 Å². The van der Waals surface area contributed by atoms with E-state index in [-0.39, 0.29) is 28.5 Å². The monoisotopic (exact) mass is 434 g/mol. The molecule has 2 rings (SSSR count). The summed E-state index contributed by atoms with van der Waals surface area (Å²) in [4.78, 5) is 34.4. The Morgan fingerprint density at radius 1 is 1.07 bits per heavy atom. The number of carbonyl (C=O) groups excluding carboxylic acids is 1. The number of benzene rings is 2. The third-order valence-corrected chi connectivity index (χ3v) is 6.25. The van der Waals surface area contributed by atoms with E-state index in [4.69, 9.17) is 0 Å². The molecule has 0 bridgehead atoms. The van der Waals surface area contributed by atoms with Crippen molar-refractivity contribution in [2.24, 2.45) is 5.92 Å². The number of aliphatic carboxylic acids is 1. The van der Waals surface area contributed by atoms with E-state index in [2.05, 4.69) is 0 Å². The average molecular weight is 434 g/mol. The Bertz CT molecular complexity index is 1020. The van der Waals surface area contributed by atoms with Crippen LogP contribution in [-0.4, -0.2) is 47.1 Å². The molecular weight excluding hydrogens is 412 g/mol. The minimum absolute atomic E-state index is 0.0103. The summed E-state index contributed by atoms with van der Waals surface area (Å²) in [6.45, 7) is 2.81. The highest BCUT2D eigenvalue weighted by atomic mass is 32.2. The van der Waals surface area contributed by atoms with Gasteiger partial charge in [-0.15, -0.1) is 0 Å². The van der Waals surface area contributed by atoms with Crippen molar-refractivity contribution in [3.63, 3.8) is 0 Å². The van der Waals surface area contributed by atoms with E-state index in [0.717, 1.165) is 24.3 Å². The number of nitrogens with zero attached hydrogens (tertiary/aromatic N) is 2. The van der Waals surface area contributed by atoms with Gasteiger partial charge in [-0.1, -0.05) is 44.2 Å². The van der Waals surface area contributed by atoms with E-state index >= 15 is 0 Å². The van der Waals surface area contributed by atoms with E-state index in [1.54, 1.807) is 32.0 Å². The lowest BCUT2D eigenvalue weighted by Crippen LogP contribution is -2.48. The van der Waals surface area contributed by atoms with Crippen molar-refractivity contribution in [2.75, 3.05) is 6.54 Å². The van der Waals surface area contributed by atoms with Gasteiger partial charge in [-0.3, -0.25) is 19.7 Å². The zero-order chi connectivity index (χ0) is 22.5. The molecule has 0 heterocycles. The number of hydrogen-bond donors (Lipinski definition) is 1. The van der Waals surface area contributed by atoms with Gasteiger partial charge >= 0.3 is 5.97 Å². The van der Waals surface area contributed by atoms with Gasteiger partial charge in [0.2, 0.25) is 10.0 Å². The fourth-order valence-electron chi connectivity index (χ4n) is 2.88. The number of ketones is 1. The van der Waals surface area contributed by atoms with E-state index in [1.807, 2.05) is 0 Å². The third-order valence-electron chi connectivity index (χ3n) is 4.38. The molecule has 0 aliphatic carbocycles. The molecule has 0 fully saturated rings. The Morgan fingerprint density at radius 2 is 1.63 bits per heavy atom. The van der Waals surface area contributed by atoms with Crippen LogP contribution in [0.4, 0.5) is 5.69 Å². The zero-order valence-electron chi connectivity index (χ0n) is 16.5. The van der Waals surface area contributed by atoms with Crippen LogP contribution in [0.5, 0.6) is 0 Å². The molecular formula is C20H22N2O7S. The SMILES string of the molecule is CC(C)C[C@@H](C(=O)O)N(CC(=O)c1ccccc1)S(=O)(=O)c1ccc([N+](=O)[O-])cc1. The number of non-ortho nitro benzene ring substituents is 1. The van der Waals surface area contributed by atoms with Crippen LogP contribution in [0.2, 0.25) is 0 Å². The van der Waals surface area contributed by atoms with Crippen LogP contribution in [-0.2, 0) is 14.8 Å². The molecule has 1 atom stereocenters. The molecule has 0 spiro atoms. The highest BCUT2D eigenvalue weighted by Crippen LogP contribution is 2.24. The molecule has 160 valence electrons. The van der Waals surface area contributed by atoms with Crippen molar-refractivity contribution < 1.29 is 28.0 Å². The fraction of sp³-hybridized carbons (Fsp3) is 0.300. The highest BCUT2D eigenvalue weighted by molar-refractivity contribution is 7.89.